The van der Waals surface area contributed by atoms with Gasteiger partial charge in [0.2, 0.25) is 10.0 Å². The van der Waals surface area contributed by atoms with Crippen molar-refractivity contribution < 1.29 is 13.5 Å². The Morgan fingerprint density at radius 2 is 2.05 bits per heavy atom. The number of rotatable bonds is 5. The van der Waals surface area contributed by atoms with Gasteiger partial charge in [-0.25, -0.2) is 13.1 Å². The summed E-state index contributed by atoms with van der Waals surface area (Å²) in [5, 5.41) is 10.00. The molecule has 0 radical (unpaired) electrons. The number of hydrogen-bond acceptors (Lipinski definition) is 4. The van der Waals surface area contributed by atoms with Crippen molar-refractivity contribution in [2.75, 3.05) is 6.61 Å². The molecule has 2 unspecified atom stereocenters. The van der Waals surface area contributed by atoms with Gasteiger partial charge in [0.05, 0.1) is 15.4 Å². The molecule has 1 aromatic carbocycles. The molecule has 0 aliphatic heterocycles. The zero-order chi connectivity index (χ0) is 15.6. The first-order valence-electron chi connectivity index (χ1n) is 6.53. The van der Waals surface area contributed by atoms with Crippen LogP contribution in [0.1, 0.15) is 13.8 Å². The molecule has 7 heteroatoms. The number of aromatic nitrogens is 1. The van der Waals surface area contributed by atoms with Crippen molar-refractivity contribution in [3.05, 3.63) is 35.5 Å². The number of aliphatic hydroxyl groups is 1. The van der Waals surface area contributed by atoms with Gasteiger partial charge in [-0.15, -0.1) is 0 Å². The number of nitrogens with one attached hydrogen (secondary N) is 1. The van der Waals surface area contributed by atoms with Crippen LogP contribution in [0.5, 0.6) is 0 Å². The molecule has 0 fully saturated rings. The first-order chi connectivity index (χ1) is 9.86. The molecule has 1 heterocycles. The highest BCUT2D eigenvalue weighted by Gasteiger charge is 2.23. The predicted octanol–water partition coefficient (Wildman–Crippen LogP) is 2.18. The molecule has 0 spiro atoms. The monoisotopic (exact) mass is 328 g/mol. The van der Waals surface area contributed by atoms with Crippen molar-refractivity contribution in [1.82, 2.24) is 9.71 Å². The van der Waals surface area contributed by atoms with Crippen molar-refractivity contribution in [3.63, 3.8) is 0 Å². The SMILES string of the molecule is CC(CO)C(C)NS(=O)(=O)c1ccc(Cl)c2ncccc12. The maximum atomic E-state index is 12.5. The molecule has 2 atom stereocenters. The maximum Gasteiger partial charge on any atom is 0.241 e. The second kappa shape index (κ2) is 6.27. The van der Waals surface area contributed by atoms with Gasteiger partial charge in [0.15, 0.2) is 0 Å². The highest BCUT2D eigenvalue weighted by atomic mass is 35.5. The summed E-state index contributed by atoms with van der Waals surface area (Å²) < 4.78 is 27.6. The number of sulfonamides is 1. The fourth-order valence-electron chi connectivity index (χ4n) is 1.93. The third-order valence-corrected chi connectivity index (χ3v) is 5.37. The normalized spacial score (nSPS) is 15.0. The molecule has 0 saturated carbocycles. The summed E-state index contributed by atoms with van der Waals surface area (Å²) in [4.78, 5) is 4.25. The number of fused-ring (bicyclic) bond motifs is 1. The largest absolute Gasteiger partial charge is 0.396 e. The number of hydrogen-bond donors (Lipinski definition) is 2. The van der Waals surface area contributed by atoms with Crippen LogP contribution in [-0.2, 0) is 10.0 Å². The van der Waals surface area contributed by atoms with Crippen LogP contribution in [-0.4, -0.2) is 31.2 Å². The molecule has 0 amide bonds. The Balaban J connectivity index is 2.48. The Morgan fingerprint density at radius 1 is 1.33 bits per heavy atom. The van der Waals surface area contributed by atoms with Crippen LogP contribution in [0.3, 0.4) is 0 Å². The lowest BCUT2D eigenvalue weighted by atomic mass is 10.1. The van der Waals surface area contributed by atoms with Crippen LogP contribution in [0.2, 0.25) is 5.02 Å². The molecule has 21 heavy (non-hydrogen) atoms. The van der Waals surface area contributed by atoms with E-state index in [4.69, 9.17) is 16.7 Å². The van der Waals surface area contributed by atoms with Gasteiger partial charge in [-0.1, -0.05) is 18.5 Å². The van der Waals surface area contributed by atoms with E-state index in [2.05, 4.69) is 9.71 Å². The van der Waals surface area contributed by atoms with Gasteiger partial charge in [-0.05, 0) is 37.1 Å². The third-order valence-electron chi connectivity index (χ3n) is 3.45. The zero-order valence-corrected chi connectivity index (χ0v) is 13.3. The lowest BCUT2D eigenvalue weighted by molar-refractivity contribution is 0.216. The van der Waals surface area contributed by atoms with E-state index < -0.39 is 10.0 Å². The molecule has 2 N–H and O–H groups in total. The van der Waals surface area contributed by atoms with Gasteiger partial charge in [-0.2, -0.15) is 0 Å². The lowest BCUT2D eigenvalue weighted by Gasteiger charge is -2.19. The number of halogens is 1. The van der Waals surface area contributed by atoms with E-state index in [9.17, 15) is 8.42 Å². The molecule has 2 rings (SSSR count). The minimum Gasteiger partial charge on any atom is -0.396 e. The molecule has 5 nitrogen and oxygen atoms in total. The standard InChI is InChI=1S/C14H17ClN2O3S/c1-9(8-18)10(2)17-21(19,20)13-6-5-12(15)14-11(13)4-3-7-16-14/h3-7,9-10,17-18H,8H2,1-2H3. The predicted molar refractivity (Wildman–Crippen MR) is 82.8 cm³/mol. The summed E-state index contributed by atoms with van der Waals surface area (Å²) in [6.45, 7) is 3.40. The molecule has 0 bridgehead atoms. The quantitative estimate of drug-likeness (QED) is 0.881. The van der Waals surface area contributed by atoms with Crippen LogP contribution in [0.15, 0.2) is 35.4 Å². The Morgan fingerprint density at radius 3 is 2.71 bits per heavy atom. The first kappa shape index (κ1) is 16.2. The fraction of sp³-hybridized carbons (Fsp3) is 0.357. The van der Waals surface area contributed by atoms with Crippen LogP contribution in [0, 0.1) is 5.92 Å². The fourth-order valence-corrected chi connectivity index (χ4v) is 3.69. The van der Waals surface area contributed by atoms with Crippen molar-refractivity contribution in [2.45, 2.75) is 24.8 Å². The Bertz CT molecular complexity index is 749. The zero-order valence-electron chi connectivity index (χ0n) is 11.7. The van der Waals surface area contributed by atoms with E-state index in [1.165, 1.54) is 12.1 Å². The van der Waals surface area contributed by atoms with Gasteiger partial charge in [0, 0.05) is 24.2 Å². The van der Waals surface area contributed by atoms with Gasteiger partial charge in [0.1, 0.15) is 0 Å². The molecule has 0 aliphatic rings. The number of pyridine rings is 1. The number of benzene rings is 1. The van der Waals surface area contributed by atoms with Crippen LogP contribution < -0.4 is 4.72 Å². The highest BCUT2D eigenvalue weighted by Crippen LogP contribution is 2.27. The van der Waals surface area contributed by atoms with E-state index in [1.54, 1.807) is 32.2 Å². The van der Waals surface area contributed by atoms with Crippen LogP contribution >= 0.6 is 11.6 Å². The Hall–Kier alpha value is -1.21. The van der Waals surface area contributed by atoms with Crippen molar-refractivity contribution in [2.24, 2.45) is 5.92 Å². The molecular formula is C14H17ClN2O3S. The van der Waals surface area contributed by atoms with Crippen molar-refractivity contribution in [3.8, 4) is 0 Å². The molecule has 114 valence electrons. The molecule has 0 aliphatic carbocycles. The summed E-state index contributed by atoms with van der Waals surface area (Å²) >= 11 is 6.05. The highest BCUT2D eigenvalue weighted by molar-refractivity contribution is 7.89. The van der Waals surface area contributed by atoms with Gasteiger partial charge in [-0.3, -0.25) is 4.98 Å². The second-order valence-corrected chi connectivity index (χ2v) is 7.10. The summed E-state index contributed by atoms with van der Waals surface area (Å²) in [6, 6.07) is 5.93. The Kier molecular flexibility index (Phi) is 4.83. The number of nitrogens with zero attached hydrogens (tertiary/aromatic N) is 1. The van der Waals surface area contributed by atoms with Crippen molar-refractivity contribution in [1.29, 1.82) is 0 Å². The summed E-state index contributed by atoms with van der Waals surface area (Å²) in [7, 11) is -3.72. The van der Waals surface area contributed by atoms with Gasteiger partial charge < -0.3 is 5.11 Å². The molecular weight excluding hydrogens is 312 g/mol. The van der Waals surface area contributed by atoms with E-state index in [1.807, 2.05) is 0 Å². The van der Waals surface area contributed by atoms with E-state index >= 15 is 0 Å². The van der Waals surface area contributed by atoms with E-state index in [0.29, 0.717) is 15.9 Å². The summed E-state index contributed by atoms with van der Waals surface area (Å²) in [6.07, 6.45) is 1.56. The topological polar surface area (TPSA) is 79.3 Å². The lowest BCUT2D eigenvalue weighted by Crippen LogP contribution is -2.38. The van der Waals surface area contributed by atoms with Gasteiger partial charge in [0.25, 0.3) is 0 Å². The van der Waals surface area contributed by atoms with Crippen LogP contribution in [0.25, 0.3) is 10.9 Å². The number of aliphatic hydroxyl groups excluding tert-OH is 1. The maximum absolute atomic E-state index is 12.5. The average molecular weight is 329 g/mol. The average Bonchev–Trinajstić information content (AvgIpc) is 2.46. The minimum absolute atomic E-state index is 0.0907. The second-order valence-electron chi connectivity index (χ2n) is 5.01. The van der Waals surface area contributed by atoms with Crippen LogP contribution in [0.4, 0.5) is 0 Å². The summed E-state index contributed by atoms with van der Waals surface area (Å²) in [5.41, 5.74) is 0.449. The van der Waals surface area contributed by atoms with Gasteiger partial charge >= 0.3 is 0 Å². The molecule has 1 aromatic heterocycles. The summed E-state index contributed by atoms with van der Waals surface area (Å²) in [5.74, 6) is -0.184. The smallest absolute Gasteiger partial charge is 0.241 e. The molecule has 2 aromatic rings. The third kappa shape index (κ3) is 3.35. The van der Waals surface area contributed by atoms with E-state index in [-0.39, 0.29) is 23.5 Å². The van der Waals surface area contributed by atoms with Crippen molar-refractivity contribution >= 4 is 32.5 Å². The molecule has 0 saturated heterocycles. The first-order valence-corrected chi connectivity index (χ1v) is 8.39. The Labute approximate surface area is 129 Å². The minimum atomic E-state index is -3.72. The van der Waals surface area contributed by atoms with E-state index in [0.717, 1.165) is 0 Å².